The molecule has 1 unspecified atom stereocenters. The van der Waals surface area contributed by atoms with Crippen molar-refractivity contribution in [1.29, 1.82) is 0 Å². The summed E-state index contributed by atoms with van der Waals surface area (Å²) in [5.41, 5.74) is 1.10. The van der Waals surface area contributed by atoms with Gasteiger partial charge in [-0.05, 0) is 49.7 Å². The van der Waals surface area contributed by atoms with Crippen LogP contribution in [0.4, 0.5) is 18.9 Å². The molecule has 1 amide bonds. The standard InChI is InChI=1S/C15H19F3N2O2/c1-9-5-12(3-4-13(9)22-8-15(16,17)18)20-14(21)10(2)11-6-19-7-11/h3-5,10-11,19H,6-8H2,1-2H3,(H,20,21). The zero-order valence-corrected chi connectivity index (χ0v) is 12.5. The Balaban J connectivity index is 1.95. The minimum atomic E-state index is -4.37. The Hall–Kier alpha value is -1.76. The summed E-state index contributed by atoms with van der Waals surface area (Å²) < 4.78 is 41.1. The molecular weight excluding hydrogens is 297 g/mol. The molecule has 1 heterocycles. The Morgan fingerprint density at radius 3 is 2.64 bits per heavy atom. The van der Waals surface area contributed by atoms with E-state index in [0.717, 1.165) is 13.1 Å². The highest BCUT2D eigenvalue weighted by molar-refractivity contribution is 5.92. The third-order valence-electron chi connectivity index (χ3n) is 3.77. The van der Waals surface area contributed by atoms with E-state index < -0.39 is 12.8 Å². The lowest BCUT2D eigenvalue weighted by Crippen LogP contribution is -2.48. The molecule has 22 heavy (non-hydrogen) atoms. The lowest BCUT2D eigenvalue weighted by atomic mass is 9.88. The van der Waals surface area contributed by atoms with E-state index in [1.165, 1.54) is 6.07 Å². The fraction of sp³-hybridized carbons (Fsp3) is 0.533. The quantitative estimate of drug-likeness (QED) is 0.878. The van der Waals surface area contributed by atoms with E-state index in [4.69, 9.17) is 4.74 Å². The van der Waals surface area contributed by atoms with Crippen LogP contribution in [0.2, 0.25) is 0 Å². The lowest BCUT2D eigenvalue weighted by Gasteiger charge is -2.31. The van der Waals surface area contributed by atoms with Crippen LogP contribution in [0.15, 0.2) is 18.2 Å². The Morgan fingerprint density at radius 2 is 2.14 bits per heavy atom. The number of aryl methyl sites for hydroxylation is 1. The van der Waals surface area contributed by atoms with Crippen LogP contribution in [0.25, 0.3) is 0 Å². The summed E-state index contributed by atoms with van der Waals surface area (Å²) in [5, 5.41) is 5.90. The molecule has 122 valence electrons. The van der Waals surface area contributed by atoms with Crippen molar-refractivity contribution in [3.8, 4) is 5.75 Å². The first kappa shape index (κ1) is 16.6. The second kappa shape index (κ2) is 6.56. The van der Waals surface area contributed by atoms with E-state index in [9.17, 15) is 18.0 Å². The average molecular weight is 316 g/mol. The molecule has 2 N–H and O–H groups in total. The van der Waals surface area contributed by atoms with E-state index in [2.05, 4.69) is 10.6 Å². The number of alkyl halides is 3. The molecule has 0 bridgehead atoms. The van der Waals surface area contributed by atoms with Crippen molar-refractivity contribution < 1.29 is 22.7 Å². The van der Waals surface area contributed by atoms with Gasteiger partial charge in [0.2, 0.25) is 5.91 Å². The Bertz CT molecular complexity index is 542. The molecule has 0 radical (unpaired) electrons. The van der Waals surface area contributed by atoms with Crippen LogP contribution in [-0.2, 0) is 4.79 Å². The Kier molecular flexibility index (Phi) is 4.95. The average Bonchev–Trinajstić information content (AvgIpc) is 2.34. The van der Waals surface area contributed by atoms with E-state index in [0.29, 0.717) is 17.2 Å². The summed E-state index contributed by atoms with van der Waals surface area (Å²) in [6.45, 7) is 3.84. The van der Waals surface area contributed by atoms with Crippen LogP contribution in [0.3, 0.4) is 0 Å². The zero-order valence-electron chi connectivity index (χ0n) is 12.5. The molecule has 1 aromatic carbocycles. The first-order valence-electron chi connectivity index (χ1n) is 7.08. The number of halogens is 3. The molecule has 4 nitrogen and oxygen atoms in total. The first-order chi connectivity index (χ1) is 10.3. The topological polar surface area (TPSA) is 50.4 Å². The van der Waals surface area contributed by atoms with Crippen LogP contribution >= 0.6 is 0 Å². The summed E-state index contributed by atoms with van der Waals surface area (Å²) in [6, 6.07) is 4.59. The molecule has 0 spiro atoms. The minimum absolute atomic E-state index is 0.0881. The number of anilines is 1. The Morgan fingerprint density at radius 1 is 1.45 bits per heavy atom. The number of rotatable bonds is 5. The van der Waals surface area contributed by atoms with Crippen molar-refractivity contribution in [3.63, 3.8) is 0 Å². The number of ether oxygens (including phenoxy) is 1. The molecule has 1 saturated heterocycles. The molecular formula is C15H19F3N2O2. The van der Waals surface area contributed by atoms with Gasteiger partial charge in [0.15, 0.2) is 6.61 Å². The van der Waals surface area contributed by atoms with Gasteiger partial charge in [-0.15, -0.1) is 0 Å². The van der Waals surface area contributed by atoms with Crippen molar-refractivity contribution in [3.05, 3.63) is 23.8 Å². The molecule has 2 rings (SSSR count). The fourth-order valence-corrected chi connectivity index (χ4v) is 2.18. The number of carbonyl (C=O) groups excluding carboxylic acids is 1. The molecule has 1 atom stereocenters. The highest BCUT2D eigenvalue weighted by atomic mass is 19.4. The highest BCUT2D eigenvalue weighted by Crippen LogP contribution is 2.25. The predicted molar refractivity (Wildman–Crippen MR) is 76.9 cm³/mol. The van der Waals surface area contributed by atoms with Gasteiger partial charge in [0, 0.05) is 11.6 Å². The van der Waals surface area contributed by atoms with Gasteiger partial charge >= 0.3 is 6.18 Å². The summed E-state index contributed by atoms with van der Waals surface area (Å²) >= 11 is 0. The third kappa shape index (κ3) is 4.37. The van der Waals surface area contributed by atoms with Gasteiger partial charge in [-0.25, -0.2) is 0 Å². The normalized spacial score (nSPS) is 16.8. The SMILES string of the molecule is Cc1cc(NC(=O)C(C)C2CNC2)ccc1OCC(F)(F)F. The number of benzene rings is 1. The number of amides is 1. The monoisotopic (exact) mass is 316 g/mol. The molecule has 0 aromatic heterocycles. The van der Waals surface area contributed by atoms with Gasteiger partial charge in [-0.2, -0.15) is 13.2 Å². The number of hydrogen-bond donors (Lipinski definition) is 2. The van der Waals surface area contributed by atoms with Crippen molar-refractivity contribution in [2.75, 3.05) is 25.0 Å². The second-order valence-corrected chi connectivity index (χ2v) is 5.58. The van der Waals surface area contributed by atoms with E-state index in [1.54, 1.807) is 19.1 Å². The molecule has 1 aliphatic heterocycles. The van der Waals surface area contributed by atoms with Gasteiger partial charge in [0.1, 0.15) is 5.75 Å². The van der Waals surface area contributed by atoms with E-state index in [1.807, 2.05) is 6.92 Å². The first-order valence-corrected chi connectivity index (χ1v) is 7.08. The summed E-state index contributed by atoms with van der Waals surface area (Å²) in [7, 11) is 0. The second-order valence-electron chi connectivity index (χ2n) is 5.58. The minimum Gasteiger partial charge on any atom is -0.484 e. The highest BCUT2D eigenvalue weighted by Gasteiger charge is 2.29. The van der Waals surface area contributed by atoms with E-state index >= 15 is 0 Å². The summed E-state index contributed by atoms with van der Waals surface area (Å²) in [5.74, 6) is 0.291. The van der Waals surface area contributed by atoms with Crippen LogP contribution in [0, 0.1) is 18.8 Å². The summed E-state index contributed by atoms with van der Waals surface area (Å²) in [4.78, 5) is 12.1. The van der Waals surface area contributed by atoms with Gasteiger partial charge in [0.05, 0.1) is 0 Å². The fourth-order valence-electron chi connectivity index (χ4n) is 2.18. The van der Waals surface area contributed by atoms with Gasteiger partial charge in [-0.1, -0.05) is 6.92 Å². The van der Waals surface area contributed by atoms with Gasteiger partial charge in [-0.3, -0.25) is 4.79 Å². The maximum absolute atomic E-state index is 12.1. The lowest BCUT2D eigenvalue weighted by molar-refractivity contribution is -0.153. The molecule has 1 fully saturated rings. The van der Waals surface area contributed by atoms with E-state index in [-0.39, 0.29) is 17.6 Å². The van der Waals surface area contributed by atoms with Crippen molar-refractivity contribution in [2.45, 2.75) is 20.0 Å². The molecule has 0 saturated carbocycles. The Labute approximate surface area is 127 Å². The van der Waals surface area contributed by atoms with Crippen molar-refractivity contribution >= 4 is 11.6 Å². The van der Waals surface area contributed by atoms with Crippen LogP contribution in [0.5, 0.6) is 5.75 Å². The van der Waals surface area contributed by atoms with Crippen molar-refractivity contribution in [1.82, 2.24) is 5.32 Å². The van der Waals surface area contributed by atoms with Crippen LogP contribution in [0.1, 0.15) is 12.5 Å². The summed E-state index contributed by atoms with van der Waals surface area (Å²) in [6.07, 6.45) is -4.37. The van der Waals surface area contributed by atoms with Gasteiger partial charge < -0.3 is 15.4 Å². The number of nitrogens with one attached hydrogen (secondary N) is 2. The predicted octanol–water partition coefficient (Wildman–Crippen LogP) is 2.73. The number of carbonyl (C=O) groups is 1. The smallest absolute Gasteiger partial charge is 0.422 e. The molecule has 7 heteroatoms. The molecule has 1 aromatic rings. The maximum atomic E-state index is 12.1. The number of hydrogen-bond acceptors (Lipinski definition) is 3. The zero-order chi connectivity index (χ0) is 16.3. The third-order valence-corrected chi connectivity index (χ3v) is 3.77. The largest absolute Gasteiger partial charge is 0.484 e. The molecule has 1 aliphatic rings. The maximum Gasteiger partial charge on any atom is 0.422 e. The van der Waals surface area contributed by atoms with Crippen LogP contribution < -0.4 is 15.4 Å². The van der Waals surface area contributed by atoms with Crippen molar-refractivity contribution in [2.24, 2.45) is 11.8 Å². The molecule has 0 aliphatic carbocycles. The van der Waals surface area contributed by atoms with Gasteiger partial charge in [0.25, 0.3) is 0 Å². The van der Waals surface area contributed by atoms with Crippen LogP contribution in [-0.4, -0.2) is 31.8 Å².